The molecule has 2 rings (SSSR count). The molecule has 1 heterocycles. The Balaban J connectivity index is 2.08. The van der Waals surface area contributed by atoms with Crippen LogP contribution >= 0.6 is 11.3 Å². The predicted octanol–water partition coefficient (Wildman–Crippen LogP) is 3.17. The fraction of sp³-hybridized carbons (Fsp3) is 0.200. The van der Waals surface area contributed by atoms with Gasteiger partial charge in [0.2, 0.25) is 0 Å². The fourth-order valence-corrected chi connectivity index (χ4v) is 2.69. The van der Waals surface area contributed by atoms with Crippen molar-refractivity contribution in [1.82, 2.24) is 0 Å². The van der Waals surface area contributed by atoms with Crippen molar-refractivity contribution in [3.63, 3.8) is 0 Å². The molecule has 0 aliphatic rings. The number of carbonyl (C=O) groups excluding carboxylic acids is 2. The van der Waals surface area contributed by atoms with Gasteiger partial charge in [-0.25, -0.2) is 8.78 Å². The highest BCUT2D eigenvalue weighted by Crippen LogP contribution is 2.20. The molecule has 110 valence electrons. The zero-order valence-electron chi connectivity index (χ0n) is 11.2. The zero-order valence-corrected chi connectivity index (χ0v) is 12.0. The molecule has 0 spiro atoms. The van der Waals surface area contributed by atoms with Gasteiger partial charge in [0.25, 0.3) is 0 Å². The molecule has 0 bridgehead atoms. The maximum atomic E-state index is 13.5. The van der Waals surface area contributed by atoms with E-state index in [0.717, 1.165) is 12.1 Å². The van der Waals surface area contributed by atoms with Crippen LogP contribution in [0, 0.1) is 11.6 Å². The Morgan fingerprint density at radius 2 is 1.90 bits per heavy atom. The average molecular weight is 310 g/mol. The van der Waals surface area contributed by atoms with E-state index < -0.39 is 11.6 Å². The van der Waals surface area contributed by atoms with Crippen LogP contribution in [0.4, 0.5) is 8.78 Å². The van der Waals surface area contributed by atoms with Gasteiger partial charge in [-0.05, 0) is 23.8 Å². The number of halogens is 2. The van der Waals surface area contributed by atoms with E-state index in [0.29, 0.717) is 9.75 Å². The summed E-state index contributed by atoms with van der Waals surface area (Å²) in [6.45, 7) is 0. The van der Waals surface area contributed by atoms with Crippen LogP contribution in [0.15, 0.2) is 30.3 Å². The van der Waals surface area contributed by atoms with Gasteiger partial charge in [0.15, 0.2) is 5.78 Å². The molecular weight excluding hydrogens is 298 g/mol. The van der Waals surface area contributed by atoms with Crippen molar-refractivity contribution in [1.29, 1.82) is 0 Å². The third-order valence-corrected chi connectivity index (χ3v) is 3.98. The molecule has 0 saturated heterocycles. The monoisotopic (exact) mass is 310 g/mol. The van der Waals surface area contributed by atoms with Gasteiger partial charge in [-0.3, -0.25) is 9.59 Å². The lowest BCUT2D eigenvalue weighted by Gasteiger charge is -2.01. The molecule has 1 aromatic heterocycles. The Morgan fingerprint density at radius 3 is 2.57 bits per heavy atom. The molecule has 21 heavy (non-hydrogen) atoms. The van der Waals surface area contributed by atoms with Crippen LogP contribution in [0.3, 0.4) is 0 Å². The molecule has 0 N–H and O–H groups in total. The van der Waals surface area contributed by atoms with Crippen LogP contribution in [-0.4, -0.2) is 18.9 Å². The molecule has 3 nitrogen and oxygen atoms in total. The lowest BCUT2D eigenvalue weighted by Crippen LogP contribution is -2.04. The van der Waals surface area contributed by atoms with Crippen molar-refractivity contribution in [2.45, 2.75) is 12.8 Å². The minimum atomic E-state index is -0.741. The number of esters is 1. The number of hydrogen-bond acceptors (Lipinski definition) is 4. The van der Waals surface area contributed by atoms with Gasteiger partial charge in [0.1, 0.15) is 11.6 Å². The minimum absolute atomic E-state index is 0.0966. The van der Waals surface area contributed by atoms with E-state index in [1.807, 2.05) is 0 Å². The Hall–Kier alpha value is -2.08. The number of Topliss-reactive ketones (excluding diaryl/α,β-unsaturated/α-hetero) is 1. The summed E-state index contributed by atoms with van der Waals surface area (Å²) in [6.07, 6.45) is -0.0519. The largest absolute Gasteiger partial charge is 0.469 e. The average Bonchev–Trinajstić information content (AvgIpc) is 2.90. The van der Waals surface area contributed by atoms with Crippen LogP contribution < -0.4 is 0 Å². The van der Waals surface area contributed by atoms with Crippen molar-refractivity contribution >= 4 is 23.1 Å². The van der Waals surface area contributed by atoms with Gasteiger partial charge >= 0.3 is 5.97 Å². The van der Waals surface area contributed by atoms with Crippen molar-refractivity contribution in [3.05, 3.63) is 57.3 Å². The van der Waals surface area contributed by atoms with E-state index in [9.17, 15) is 18.4 Å². The minimum Gasteiger partial charge on any atom is -0.469 e. The van der Waals surface area contributed by atoms with Crippen molar-refractivity contribution in [2.24, 2.45) is 0 Å². The molecule has 2 aromatic rings. The van der Waals surface area contributed by atoms with E-state index in [4.69, 9.17) is 0 Å². The standard InChI is InChI=1S/C15H12F2O3S/c1-20-15(19)8-11-4-5-14(21-11)13(18)6-9-2-3-10(16)7-12(9)17/h2-5,7H,6,8H2,1H3. The molecule has 0 aliphatic carbocycles. The number of thiophene rings is 1. The molecule has 0 amide bonds. The fourth-order valence-electron chi connectivity index (χ4n) is 1.76. The van der Waals surface area contributed by atoms with E-state index in [2.05, 4.69) is 4.74 Å². The first kappa shape index (κ1) is 15.3. The highest BCUT2D eigenvalue weighted by Gasteiger charge is 2.14. The number of benzene rings is 1. The van der Waals surface area contributed by atoms with E-state index in [1.165, 1.54) is 24.5 Å². The van der Waals surface area contributed by atoms with Gasteiger partial charge in [0, 0.05) is 17.4 Å². The van der Waals surface area contributed by atoms with E-state index >= 15 is 0 Å². The van der Waals surface area contributed by atoms with Gasteiger partial charge in [-0.2, -0.15) is 0 Å². The number of rotatable bonds is 5. The number of ketones is 1. The van der Waals surface area contributed by atoms with Gasteiger partial charge in [-0.15, -0.1) is 11.3 Å². The van der Waals surface area contributed by atoms with Crippen LogP contribution in [0.5, 0.6) is 0 Å². The van der Waals surface area contributed by atoms with Gasteiger partial charge in [0.05, 0.1) is 18.4 Å². The second kappa shape index (κ2) is 6.58. The number of hydrogen-bond donors (Lipinski definition) is 0. The van der Waals surface area contributed by atoms with E-state index in [1.54, 1.807) is 12.1 Å². The normalized spacial score (nSPS) is 10.4. The molecule has 0 unspecified atom stereocenters. The summed E-state index contributed by atoms with van der Waals surface area (Å²) >= 11 is 1.17. The summed E-state index contributed by atoms with van der Waals surface area (Å²) in [6, 6.07) is 6.37. The maximum Gasteiger partial charge on any atom is 0.310 e. The Kier molecular flexibility index (Phi) is 4.80. The number of ether oxygens (including phenoxy) is 1. The van der Waals surface area contributed by atoms with E-state index in [-0.39, 0.29) is 30.2 Å². The molecule has 0 saturated carbocycles. The third-order valence-electron chi connectivity index (χ3n) is 2.85. The van der Waals surface area contributed by atoms with Crippen LogP contribution in [0.1, 0.15) is 20.1 Å². The van der Waals surface area contributed by atoms with Crippen molar-refractivity contribution < 1.29 is 23.1 Å². The zero-order chi connectivity index (χ0) is 15.4. The Morgan fingerprint density at radius 1 is 1.14 bits per heavy atom. The summed E-state index contributed by atoms with van der Waals surface area (Å²) in [4.78, 5) is 24.3. The highest BCUT2D eigenvalue weighted by atomic mass is 32.1. The first-order chi connectivity index (χ1) is 9.99. The third kappa shape index (κ3) is 3.95. The first-order valence-electron chi connectivity index (χ1n) is 6.12. The first-order valence-corrected chi connectivity index (χ1v) is 6.94. The molecular formula is C15H12F2O3S. The van der Waals surface area contributed by atoms with Gasteiger partial charge in [-0.1, -0.05) is 6.07 Å². The summed E-state index contributed by atoms with van der Waals surface area (Å²) in [7, 11) is 1.29. The summed E-state index contributed by atoms with van der Waals surface area (Å²) in [5.41, 5.74) is 0.143. The van der Waals surface area contributed by atoms with Crippen LogP contribution in [-0.2, 0) is 22.4 Å². The van der Waals surface area contributed by atoms with Crippen molar-refractivity contribution in [2.75, 3.05) is 7.11 Å². The molecule has 6 heteroatoms. The number of methoxy groups -OCH3 is 1. The lowest BCUT2D eigenvalue weighted by atomic mass is 10.1. The molecule has 0 radical (unpaired) electrons. The Bertz CT molecular complexity index is 679. The lowest BCUT2D eigenvalue weighted by molar-refractivity contribution is -0.139. The highest BCUT2D eigenvalue weighted by molar-refractivity contribution is 7.14. The molecule has 1 aromatic carbocycles. The van der Waals surface area contributed by atoms with Gasteiger partial charge < -0.3 is 4.74 Å². The second-order valence-corrected chi connectivity index (χ2v) is 5.52. The second-order valence-electron chi connectivity index (χ2n) is 4.35. The maximum absolute atomic E-state index is 13.5. The molecule has 0 fully saturated rings. The number of carbonyl (C=O) groups is 2. The molecule has 0 atom stereocenters. The SMILES string of the molecule is COC(=O)Cc1ccc(C(=O)Cc2ccc(F)cc2F)s1. The quantitative estimate of drug-likeness (QED) is 0.629. The van der Waals surface area contributed by atoms with Crippen LogP contribution in [0.2, 0.25) is 0 Å². The summed E-state index contributed by atoms with van der Waals surface area (Å²) < 4.78 is 30.8. The molecule has 0 aliphatic heterocycles. The van der Waals surface area contributed by atoms with Crippen molar-refractivity contribution in [3.8, 4) is 0 Å². The Labute approximate surface area is 124 Å². The smallest absolute Gasteiger partial charge is 0.310 e. The predicted molar refractivity (Wildman–Crippen MR) is 74.4 cm³/mol. The summed E-state index contributed by atoms with van der Waals surface area (Å²) in [5, 5.41) is 0. The summed E-state index contributed by atoms with van der Waals surface area (Å²) in [5.74, 6) is -2.09. The van der Waals surface area contributed by atoms with Crippen LogP contribution in [0.25, 0.3) is 0 Å². The topological polar surface area (TPSA) is 43.4 Å².